The molecule has 0 unspecified atom stereocenters. The number of hydrogen-bond acceptors (Lipinski definition) is 5. The summed E-state index contributed by atoms with van der Waals surface area (Å²) in [7, 11) is 0. The summed E-state index contributed by atoms with van der Waals surface area (Å²) in [6.07, 6.45) is 9.40. The Bertz CT molecular complexity index is 921. The summed E-state index contributed by atoms with van der Waals surface area (Å²) >= 11 is 5.79. The van der Waals surface area contributed by atoms with Crippen LogP contribution in [0.15, 0.2) is 36.8 Å². The van der Waals surface area contributed by atoms with E-state index in [9.17, 15) is 4.79 Å². The number of carbonyl (C=O) groups is 1. The van der Waals surface area contributed by atoms with Gasteiger partial charge >= 0.3 is 0 Å². The van der Waals surface area contributed by atoms with Crippen molar-refractivity contribution in [3.63, 3.8) is 0 Å². The molecule has 0 aliphatic heterocycles. The highest BCUT2D eigenvalue weighted by Crippen LogP contribution is 2.43. The van der Waals surface area contributed by atoms with Crippen molar-refractivity contribution >= 4 is 23.3 Å². The molecule has 1 fully saturated rings. The fraction of sp³-hybridized carbons (Fsp3) is 0.316. The molecule has 7 nitrogen and oxygen atoms in total. The summed E-state index contributed by atoms with van der Waals surface area (Å²) in [6.45, 7) is 0. The first-order valence-electron chi connectivity index (χ1n) is 8.96. The number of aromatic nitrogens is 5. The maximum Gasteiger partial charge on any atom is 0.225 e. The number of H-pyrrole nitrogens is 1. The Kier molecular flexibility index (Phi) is 5.11. The SMILES string of the molecule is O=C(CCc1ccc(Cl)nc1)Nc1n[nH]c(-c2ccnnc2)c1C1CCC1. The van der Waals surface area contributed by atoms with Crippen LogP contribution in [0.5, 0.6) is 0 Å². The van der Waals surface area contributed by atoms with Crippen molar-refractivity contribution in [3.8, 4) is 11.3 Å². The number of amides is 1. The van der Waals surface area contributed by atoms with Gasteiger partial charge in [0, 0.05) is 23.7 Å². The third-order valence-electron chi connectivity index (χ3n) is 4.88. The van der Waals surface area contributed by atoms with Gasteiger partial charge in [-0.2, -0.15) is 15.3 Å². The zero-order valence-corrected chi connectivity index (χ0v) is 15.4. The number of anilines is 1. The lowest BCUT2D eigenvalue weighted by Gasteiger charge is -2.26. The number of nitrogens with one attached hydrogen (secondary N) is 2. The molecular weight excluding hydrogens is 364 g/mol. The van der Waals surface area contributed by atoms with E-state index in [0.29, 0.717) is 29.7 Å². The van der Waals surface area contributed by atoms with Crippen molar-refractivity contribution < 1.29 is 4.79 Å². The Balaban J connectivity index is 1.49. The van der Waals surface area contributed by atoms with E-state index in [-0.39, 0.29) is 5.91 Å². The standard InChI is InChI=1S/C19H19ClN6O/c20-15-6-4-12(10-21-15)5-7-16(27)24-19-17(13-2-1-3-13)18(25-26-19)14-8-9-22-23-11-14/h4,6,8-11,13H,1-3,5,7H2,(H2,24,25,26,27). The molecule has 1 saturated carbocycles. The molecule has 2 N–H and O–H groups in total. The highest BCUT2D eigenvalue weighted by molar-refractivity contribution is 6.29. The maximum absolute atomic E-state index is 12.4. The van der Waals surface area contributed by atoms with Crippen LogP contribution in [0.3, 0.4) is 0 Å². The molecule has 3 aromatic heterocycles. The highest BCUT2D eigenvalue weighted by atomic mass is 35.5. The second-order valence-electron chi connectivity index (χ2n) is 6.66. The molecule has 1 aliphatic rings. The van der Waals surface area contributed by atoms with Gasteiger partial charge in [0.15, 0.2) is 5.82 Å². The topological polar surface area (TPSA) is 96.5 Å². The van der Waals surface area contributed by atoms with E-state index in [1.807, 2.05) is 12.1 Å². The molecule has 0 spiro atoms. The molecule has 0 bridgehead atoms. The fourth-order valence-electron chi connectivity index (χ4n) is 3.21. The summed E-state index contributed by atoms with van der Waals surface area (Å²) in [6, 6.07) is 5.50. The van der Waals surface area contributed by atoms with Crippen molar-refractivity contribution in [1.82, 2.24) is 25.4 Å². The Morgan fingerprint density at radius 2 is 2.11 bits per heavy atom. The first-order chi connectivity index (χ1) is 13.2. The van der Waals surface area contributed by atoms with Gasteiger partial charge < -0.3 is 5.32 Å². The minimum absolute atomic E-state index is 0.0728. The number of rotatable bonds is 6. The highest BCUT2D eigenvalue weighted by Gasteiger charge is 2.28. The summed E-state index contributed by atoms with van der Waals surface area (Å²) in [5.41, 5.74) is 3.87. The fourth-order valence-corrected chi connectivity index (χ4v) is 3.32. The second kappa shape index (κ2) is 7.84. The summed E-state index contributed by atoms with van der Waals surface area (Å²) in [5, 5.41) is 18.6. The van der Waals surface area contributed by atoms with Crippen molar-refractivity contribution in [2.75, 3.05) is 5.32 Å². The molecule has 0 saturated heterocycles. The van der Waals surface area contributed by atoms with E-state index < -0.39 is 0 Å². The van der Waals surface area contributed by atoms with Gasteiger partial charge in [0.2, 0.25) is 5.91 Å². The molecule has 1 aliphatic carbocycles. The monoisotopic (exact) mass is 382 g/mol. The van der Waals surface area contributed by atoms with Crippen LogP contribution in [0.1, 0.15) is 42.7 Å². The first-order valence-corrected chi connectivity index (χ1v) is 9.34. The lowest BCUT2D eigenvalue weighted by atomic mass is 9.79. The van der Waals surface area contributed by atoms with Crippen LogP contribution in [0.4, 0.5) is 5.82 Å². The number of carbonyl (C=O) groups excluding carboxylic acids is 1. The molecule has 3 aromatic rings. The number of hydrogen-bond donors (Lipinski definition) is 2. The van der Waals surface area contributed by atoms with Crippen LogP contribution in [0, 0.1) is 0 Å². The van der Waals surface area contributed by atoms with Crippen LogP contribution in [0.2, 0.25) is 5.15 Å². The Hall–Kier alpha value is -2.80. The predicted octanol–water partition coefficient (Wildman–Crippen LogP) is 3.75. The van der Waals surface area contributed by atoms with E-state index >= 15 is 0 Å². The molecule has 3 heterocycles. The molecule has 4 rings (SSSR count). The van der Waals surface area contributed by atoms with E-state index in [2.05, 4.69) is 30.7 Å². The van der Waals surface area contributed by atoms with Crippen molar-refractivity contribution in [2.45, 2.75) is 38.0 Å². The minimum Gasteiger partial charge on any atom is -0.309 e. The molecule has 8 heteroatoms. The van der Waals surface area contributed by atoms with Gasteiger partial charge in [-0.05, 0) is 42.9 Å². The largest absolute Gasteiger partial charge is 0.309 e. The Morgan fingerprint density at radius 1 is 1.22 bits per heavy atom. The van der Waals surface area contributed by atoms with Crippen molar-refractivity contribution in [1.29, 1.82) is 0 Å². The Morgan fingerprint density at radius 3 is 2.78 bits per heavy atom. The quantitative estimate of drug-likeness (QED) is 0.633. The first kappa shape index (κ1) is 17.6. The number of nitrogens with zero attached hydrogens (tertiary/aromatic N) is 4. The van der Waals surface area contributed by atoms with Gasteiger partial charge in [-0.25, -0.2) is 4.98 Å². The maximum atomic E-state index is 12.4. The lowest BCUT2D eigenvalue weighted by molar-refractivity contribution is -0.116. The van der Waals surface area contributed by atoms with Gasteiger partial charge in [0.25, 0.3) is 0 Å². The van der Waals surface area contributed by atoms with Crippen LogP contribution in [-0.2, 0) is 11.2 Å². The van der Waals surface area contributed by atoms with Crippen molar-refractivity contribution in [2.24, 2.45) is 0 Å². The van der Waals surface area contributed by atoms with E-state index in [1.54, 1.807) is 24.7 Å². The van der Waals surface area contributed by atoms with Gasteiger partial charge in [-0.3, -0.25) is 9.89 Å². The molecule has 0 atom stereocenters. The molecular formula is C19H19ClN6O. The Labute approximate surface area is 161 Å². The molecule has 0 radical (unpaired) electrons. The average Bonchev–Trinajstić information content (AvgIpc) is 3.04. The molecule has 138 valence electrons. The minimum atomic E-state index is -0.0728. The van der Waals surface area contributed by atoms with Crippen LogP contribution < -0.4 is 5.32 Å². The zero-order chi connectivity index (χ0) is 18.6. The van der Waals surface area contributed by atoms with Gasteiger partial charge in [-0.1, -0.05) is 24.1 Å². The van der Waals surface area contributed by atoms with E-state index in [1.165, 1.54) is 6.42 Å². The van der Waals surface area contributed by atoms with Gasteiger partial charge in [-0.15, -0.1) is 0 Å². The number of halogens is 1. The number of aromatic amines is 1. The second-order valence-corrected chi connectivity index (χ2v) is 7.04. The van der Waals surface area contributed by atoms with Gasteiger partial charge in [0.05, 0.1) is 18.1 Å². The third-order valence-corrected chi connectivity index (χ3v) is 5.10. The average molecular weight is 383 g/mol. The summed E-state index contributed by atoms with van der Waals surface area (Å²) in [5.74, 6) is 0.949. The molecule has 1 amide bonds. The summed E-state index contributed by atoms with van der Waals surface area (Å²) < 4.78 is 0. The van der Waals surface area contributed by atoms with Crippen LogP contribution in [0.25, 0.3) is 11.3 Å². The van der Waals surface area contributed by atoms with E-state index in [4.69, 9.17) is 11.6 Å². The van der Waals surface area contributed by atoms with Crippen LogP contribution in [-0.4, -0.2) is 31.3 Å². The van der Waals surface area contributed by atoms with Crippen molar-refractivity contribution in [3.05, 3.63) is 53.1 Å². The zero-order valence-electron chi connectivity index (χ0n) is 14.7. The molecule has 0 aromatic carbocycles. The van der Waals surface area contributed by atoms with Gasteiger partial charge in [0.1, 0.15) is 5.15 Å². The number of pyridine rings is 1. The normalized spacial score (nSPS) is 14.0. The summed E-state index contributed by atoms with van der Waals surface area (Å²) in [4.78, 5) is 16.5. The predicted molar refractivity (Wildman–Crippen MR) is 102 cm³/mol. The van der Waals surface area contributed by atoms with E-state index in [0.717, 1.165) is 35.2 Å². The molecule has 27 heavy (non-hydrogen) atoms. The lowest BCUT2D eigenvalue weighted by Crippen LogP contribution is -2.17. The smallest absolute Gasteiger partial charge is 0.225 e. The third kappa shape index (κ3) is 3.98. The van der Waals surface area contributed by atoms with Crippen LogP contribution >= 0.6 is 11.6 Å². The number of aryl methyl sites for hydroxylation is 1.